The van der Waals surface area contributed by atoms with Gasteiger partial charge in [0.2, 0.25) is 0 Å². The molecule has 0 aromatic heterocycles. The summed E-state index contributed by atoms with van der Waals surface area (Å²) < 4.78 is 34.4. The monoisotopic (exact) mass is 189 g/mol. The van der Waals surface area contributed by atoms with E-state index in [1.807, 2.05) is 0 Å². The van der Waals surface area contributed by atoms with E-state index in [1.54, 1.807) is 0 Å². The lowest BCUT2D eigenvalue weighted by atomic mass is 10.3. The molecule has 0 atom stereocenters. The molecular weight excluding hydrogens is 181 g/mol. The molecule has 0 fully saturated rings. The average Bonchev–Trinajstić information content (AvgIpc) is 1.83. The molecule has 0 aliphatic rings. The Morgan fingerprint density at radius 1 is 1.42 bits per heavy atom. The largest absolute Gasteiger partial charge is 0.398 e. The SMILES string of the molecule is CS(=O)(=O)c1ccc(F)cc1N. The van der Waals surface area contributed by atoms with Crippen LogP contribution in [0.2, 0.25) is 0 Å². The summed E-state index contributed by atoms with van der Waals surface area (Å²) in [6, 6.07) is 3.20. The van der Waals surface area contributed by atoms with Crippen molar-refractivity contribution in [1.82, 2.24) is 0 Å². The van der Waals surface area contributed by atoms with Crippen molar-refractivity contribution in [2.24, 2.45) is 0 Å². The fourth-order valence-electron chi connectivity index (χ4n) is 0.857. The molecule has 0 amide bonds. The minimum Gasteiger partial charge on any atom is -0.398 e. The van der Waals surface area contributed by atoms with Crippen LogP contribution < -0.4 is 5.73 Å². The van der Waals surface area contributed by atoms with Crippen molar-refractivity contribution in [3.05, 3.63) is 24.0 Å². The number of benzene rings is 1. The Hall–Kier alpha value is -1.10. The van der Waals surface area contributed by atoms with E-state index >= 15 is 0 Å². The normalized spacial score (nSPS) is 11.5. The van der Waals surface area contributed by atoms with Gasteiger partial charge in [0.05, 0.1) is 10.6 Å². The van der Waals surface area contributed by atoms with Crippen LogP contribution in [0.3, 0.4) is 0 Å². The molecule has 0 radical (unpaired) electrons. The molecule has 0 heterocycles. The second kappa shape index (κ2) is 2.75. The van der Waals surface area contributed by atoms with E-state index in [0.717, 1.165) is 24.5 Å². The summed E-state index contributed by atoms with van der Waals surface area (Å²) in [5.74, 6) is -0.542. The van der Waals surface area contributed by atoms with Gasteiger partial charge in [-0.05, 0) is 18.2 Å². The zero-order valence-corrected chi connectivity index (χ0v) is 7.23. The Bertz CT molecular complexity index is 400. The number of halogens is 1. The summed E-state index contributed by atoms with van der Waals surface area (Å²) in [6.07, 6.45) is 1.02. The molecule has 0 saturated carbocycles. The van der Waals surface area contributed by atoms with E-state index < -0.39 is 15.7 Å². The van der Waals surface area contributed by atoms with E-state index in [4.69, 9.17) is 5.73 Å². The zero-order chi connectivity index (χ0) is 9.35. The molecule has 66 valence electrons. The molecular formula is C7H8FNO2S. The van der Waals surface area contributed by atoms with Crippen molar-refractivity contribution < 1.29 is 12.8 Å². The molecule has 5 heteroatoms. The van der Waals surface area contributed by atoms with Crippen molar-refractivity contribution in [2.75, 3.05) is 12.0 Å². The smallest absolute Gasteiger partial charge is 0.177 e. The minimum atomic E-state index is -3.34. The van der Waals surface area contributed by atoms with Crippen LogP contribution in [-0.4, -0.2) is 14.7 Å². The first kappa shape index (κ1) is 8.99. The maximum atomic E-state index is 12.5. The second-order valence-corrected chi connectivity index (χ2v) is 4.44. The van der Waals surface area contributed by atoms with Crippen molar-refractivity contribution in [3.8, 4) is 0 Å². The van der Waals surface area contributed by atoms with Crippen molar-refractivity contribution in [1.29, 1.82) is 0 Å². The van der Waals surface area contributed by atoms with Crippen LogP contribution in [0, 0.1) is 5.82 Å². The fraction of sp³-hybridized carbons (Fsp3) is 0.143. The van der Waals surface area contributed by atoms with Gasteiger partial charge in [0.15, 0.2) is 9.84 Å². The fourth-order valence-corrected chi connectivity index (χ4v) is 1.66. The van der Waals surface area contributed by atoms with Crippen molar-refractivity contribution >= 4 is 15.5 Å². The van der Waals surface area contributed by atoms with E-state index in [0.29, 0.717) is 0 Å². The van der Waals surface area contributed by atoms with Gasteiger partial charge in [-0.15, -0.1) is 0 Å². The Morgan fingerprint density at radius 3 is 2.42 bits per heavy atom. The van der Waals surface area contributed by atoms with E-state index in [-0.39, 0.29) is 10.6 Å². The molecule has 0 spiro atoms. The van der Waals surface area contributed by atoms with Gasteiger partial charge in [0.1, 0.15) is 5.82 Å². The molecule has 1 aromatic carbocycles. The number of hydrogen-bond acceptors (Lipinski definition) is 3. The highest BCUT2D eigenvalue weighted by molar-refractivity contribution is 7.90. The molecule has 0 unspecified atom stereocenters. The third kappa shape index (κ3) is 1.73. The van der Waals surface area contributed by atoms with Gasteiger partial charge >= 0.3 is 0 Å². The van der Waals surface area contributed by atoms with Gasteiger partial charge < -0.3 is 5.73 Å². The summed E-state index contributed by atoms with van der Waals surface area (Å²) in [7, 11) is -3.34. The predicted molar refractivity (Wildman–Crippen MR) is 43.9 cm³/mol. The summed E-state index contributed by atoms with van der Waals surface area (Å²) >= 11 is 0. The molecule has 1 rings (SSSR count). The molecule has 0 aliphatic carbocycles. The van der Waals surface area contributed by atoms with Crippen LogP contribution in [0.5, 0.6) is 0 Å². The predicted octanol–water partition coefficient (Wildman–Crippen LogP) is 0.811. The van der Waals surface area contributed by atoms with Crippen LogP contribution >= 0.6 is 0 Å². The number of nitrogen functional groups attached to an aromatic ring is 1. The van der Waals surface area contributed by atoms with Crippen molar-refractivity contribution in [3.63, 3.8) is 0 Å². The maximum absolute atomic E-state index is 12.5. The van der Waals surface area contributed by atoms with E-state index in [2.05, 4.69) is 0 Å². The molecule has 0 saturated heterocycles. The second-order valence-electron chi connectivity index (χ2n) is 2.45. The average molecular weight is 189 g/mol. The Balaban J connectivity index is 3.39. The molecule has 0 bridgehead atoms. The first-order valence-corrected chi connectivity index (χ1v) is 5.05. The van der Waals surface area contributed by atoms with Crippen LogP contribution in [0.1, 0.15) is 0 Å². The van der Waals surface area contributed by atoms with E-state index in [1.165, 1.54) is 0 Å². The zero-order valence-electron chi connectivity index (χ0n) is 6.41. The van der Waals surface area contributed by atoms with Gasteiger partial charge in [-0.25, -0.2) is 12.8 Å². The molecule has 0 aliphatic heterocycles. The number of hydrogen-bond donors (Lipinski definition) is 1. The number of nitrogens with two attached hydrogens (primary N) is 1. The van der Waals surface area contributed by atoms with Crippen LogP contribution in [0.25, 0.3) is 0 Å². The number of anilines is 1. The molecule has 1 aromatic rings. The third-order valence-corrected chi connectivity index (χ3v) is 2.54. The van der Waals surface area contributed by atoms with Crippen LogP contribution in [0.15, 0.2) is 23.1 Å². The summed E-state index contributed by atoms with van der Waals surface area (Å²) in [6.45, 7) is 0. The van der Waals surface area contributed by atoms with Gasteiger partial charge in [-0.1, -0.05) is 0 Å². The summed E-state index contributed by atoms with van der Waals surface area (Å²) in [4.78, 5) is -0.0381. The number of rotatable bonds is 1. The third-order valence-electron chi connectivity index (χ3n) is 1.37. The topological polar surface area (TPSA) is 60.2 Å². The molecule has 3 nitrogen and oxygen atoms in total. The quantitative estimate of drug-likeness (QED) is 0.525. The lowest BCUT2D eigenvalue weighted by molar-refractivity contribution is 0.601. The lowest BCUT2D eigenvalue weighted by Gasteiger charge is -2.01. The highest BCUT2D eigenvalue weighted by Gasteiger charge is 2.10. The summed E-state index contributed by atoms with van der Waals surface area (Å²) in [5.41, 5.74) is 5.23. The minimum absolute atomic E-state index is 0.0381. The van der Waals surface area contributed by atoms with Gasteiger partial charge in [0, 0.05) is 6.26 Å². The molecule has 12 heavy (non-hydrogen) atoms. The van der Waals surface area contributed by atoms with Crippen molar-refractivity contribution in [2.45, 2.75) is 4.90 Å². The van der Waals surface area contributed by atoms with Crippen LogP contribution in [0.4, 0.5) is 10.1 Å². The summed E-state index contributed by atoms with van der Waals surface area (Å²) in [5, 5.41) is 0. The van der Waals surface area contributed by atoms with Gasteiger partial charge in [0.25, 0.3) is 0 Å². The first-order chi connectivity index (χ1) is 5.41. The van der Waals surface area contributed by atoms with Gasteiger partial charge in [-0.2, -0.15) is 0 Å². The Kier molecular flexibility index (Phi) is 2.06. The lowest BCUT2D eigenvalue weighted by Crippen LogP contribution is -2.02. The first-order valence-electron chi connectivity index (χ1n) is 3.16. The van der Waals surface area contributed by atoms with Gasteiger partial charge in [-0.3, -0.25) is 0 Å². The highest BCUT2D eigenvalue weighted by atomic mass is 32.2. The standard InChI is InChI=1S/C7H8FNO2S/c1-12(10,11)7-3-2-5(8)4-6(7)9/h2-4H,9H2,1H3. The Labute approximate surface area is 69.9 Å². The van der Waals surface area contributed by atoms with E-state index in [9.17, 15) is 12.8 Å². The Morgan fingerprint density at radius 2 is 2.00 bits per heavy atom. The number of sulfone groups is 1. The van der Waals surface area contributed by atoms with Crippen LogP contribution in [-0.2, 0) is 9.84 Å². The molecule has 2 N–H and O–H groups in total. The maximum Gasteiger partial charge on any atom is 0.177 e. The highest BCUT2D eigenvalue weighted by Crippen LogP contribution is 2.18.